The second-order valence-electron chi connectivity index (χ2n) is 5.89. The Morgan fingerprint density at radius 2 is 2.12 bits per heavy atom. The molecular weight excluding hydrogens is 342 g/mol. The predicted octanol–water partition coefficient (Wildman–Crippen LogP) is 2.23. The highest BCUT2D eigenvalue weighted by Gasteiger charge is 2.16. The topological polar surface area (TPSA) is 82.5 Å². The quantitative estimate of drug-likeness (QED) is 0.748. The smallest absolute Gasteiger partial charge is 0.276 e. The molecule has 8 heteroatoms. The minimum atomic E-state index is -0.307. The summed E-state index contributed by atoms with van der Waals surface area (Å²) >= 11 is 6.21. The molecule has 0 fully saturated rings. The van der Waals surface area contributed by atoms with Gasteiger partial charge in [0.15, 0.2) is 5.65 Å². The van der Waals surface area contributed by atoms with Crippen LogP contribution in [0.15, 0.2) is 35.3 Å². The van der Waals surface area contributed by atoms with Gasteiger partial charge in [-0.1, -0.05) is 17.7 Å². The fourth-order valence-corrected chi connectivity index (χ4v) is 3.08. The molecule has 0 aliphatic carbocycles. The average molecular weight is 360 g/mol. The van der Waals surface area contributed by atoms with Gasteiger partial charge in [-0.05, 0) is 19.1 Å². The Bertz CT molecular complexity index is 1010. The van der Waals surface area contributed by atoms with Crippen molar-refractivity contribution in [1.82, 2.24) is 14.6 Å². The van der Waals surface area contributed by atoms with E-state index in [4.69, 9.17) is 11.6 Å². The van der Waals surface area contributed by atoms with E-state index in [-0.39, 0.29) is 17.9 Å². The molecule has 25 heavy (non-hydrogen) atoms. The standard InChI is InChI=1S/C17H18ClN5O2/c1-10-11(17(25)23-14(20-10)7-8-19-23)9-15(24)21-13-6-4-5-12(18)16(13)22(2)3/h4-8,19H,9H2,1-3H3,(H,21,24). The summed E-state index contributed by atoms with van der Waals surface area (Å²) in [6, 6.07) is 6.99. The molecule has 0 aliphatic rings. The second kappa shape index (κ2) is 6.60. The van der Waals surface area contributed by atoms with Gasteiger partial charge in [-0.15, -0.1) is 0 Å². The molecule has 0 radical (unpaired) electrons. The van der Waals surface area contributed by atoms with Gasteiger partial charge in [0.05, 0.1) is 22.8 Å². The van der Waals surface area contributed by atoms with Crippen molar-refractivity contribution in [3.05, 3.63) is 57.1 Å². The highest BCUT2D eigenvalue weighted by molar-refractivity contribution is 6.34. The molecule has 0 saturated carbocycles. The number of aromatic amines is 1. The van der Waals surface area contributed by atoms with E-state index in [0.717, 1.165) is 0 Å². The lowest BCUT2D eigenvalue weighted by molar-refractivity contribution is -0.115. The lowest BCUT2D eigenvalue weighted by Crippen LogP contribution is -2.26. The maximum Gasteiger partial charge on any atom is 0.276 e. The summed E-state index contributed by atoms with van der Waals surface area (Å²) in [5, 5.41) is 6.16. The van der Waals surface area contributed by atoms with Crippen LogP contribution in [-0.2, 0) is 11.2 Å². The Kier molecular flexibility index (Phi) is 4.50. The Morgan fingerprint density at radius 3 is 2.84 bits per heavy atom. The van der Waals surface area contributed by atoms with E-state index in [2.05, 4.69) is 15.4 Å². The van der Waals surface area contributed by atoms with Crippen LogP contribution in [0.3, 0.4) is 0 Å². The third-order valence-electron chi connectivity index (χ3n) is 3.89. The molecule has 2 aromatic heterocycles. The van der Waals surface area contributed by atoms with Gasteiger partial charge in [-0.3, -0.25) is 14.7 Å². The number of fused-ring (bicyclic) bond motifs is 1. The van der Waals surface area contributed by atoms with Crippen molar-refractivity contribution in [3.8, 4) is 0 Å². The van der Waals surface area contributed by atoms with Gasteiger partial charge in [0.1, 0.15) is 0 Å². The van der Waals surface area contributed by atoms with Crippen LogP contribution in [-0.4, -0.2) is 34.6 Å². The zero-order chi connectivity index (χ0) is 18.1. The normalized spacial score (nSPS) is 10.9. The summed E-state index contributed by atoms with van der Waals surface area (Å²) in [4.78, 5) is 31.2. The number of amides is 1. The third kappa shape index (κ3) is 3.23. The number of carbonyl (C=O) groups is 1. The summed E-state index contributed by atoms with van der Waals surface area (Å²) < 4.78 is 1.32. The van der Waals surface area contributed by atoms with Crippen LogP contribution in [0.25, 0.3) is 5.65 Å². The van der Waals surface area contributed by atoms with E-state index in [1.165, 1.54) is 4.52 Å². The van der Waals surface area contributed by atoms with Crippen molar-refractivity contribution in [2.75, 3.05) is 24.3 Å². The number of para-hydroxylation sites is 1. The van der Waals surface area contributed by atoms with Crippen molar-refractivity contribution in [2.45, 2.75) is 13.3 Å². The Labute approximate surface area is 149 Å². The van der Waals surface area contributed by atoms with Crippen molar-refractivity contribution < 1.29 is 4.79 Å². The number of nitrogens with one attached hydrogen (secondary N) is 2. The number of carbonyl (C=O) groups excluding carboxylic acids is 1. The zero-order valence-corrected chi connectivity index (χ0v) is 14.9. The van der Waals surface area contributed by atoms with Crippen molar-refractivity contribution in [3.63, 3.8) is 0 Å². The Morgan fingerprint density at radius 1 is 1.36 bits per heavy atom. The number of benzene rings is 1. The number of hydrogen-bond acceptors (Lipinski definition) is 4. The van der Waals surface area contributed by atoms with Crippen LogP contribution >= 0.6 is 11.6 Å². The van der Waals surface area contributed by atoms with Gasteiger partial charge in [0, 0.05) is 37.6 Å². The molecule has 0 unspecified atom stereocenters. The molecule has 1 amide bonds. The summed E-state index contributed by atoms with van der Waals surface area (Å²) in [6.07, 6.45) is 1.56. The molecule has 0 spiro atoms. The molecular formula is C17H18ClN5O2. The highest BCUT2D eigenvalue weighted by atomic mass is 35.5. The first-order valence-electron chi connectivity index (χ1n) is 7.70. The van der Waals surface area contributed by atoms with Gasteiger partial charge in [-0.25, -0.2) is 9.50 Å². The first kappa shape index (κ1) is 17.0. The Hall–Kier alpha value is -2.80. The minimum Gasteiger partial charge on any atom is -0.375 e. The van der Waals surface area contributed by atoms with Crippen LogP contribution in [0.4, 0.5) is 11.4 Å². The van der Waals surface area contributed by atoms with E-state index in [0.29, 0.717) is 33.3 Å². The maximum absolute atomic E-state index is 12.5. The fourth-order valence-electron chi connectivity index (χ4n) is 2.74. The third-order valence-corrected chi connectivity index (χ3v) is 4.20. The highest BCUT2D eigenvalue weighted by Crippen LogP contribution is 2.32. The van der Waals surface area contributed by atoms with E-state index >= 15 is 0 Å². The molecule has 7 nitrogen and oxygen atoms in total. The van der Waals surface area contributed by atoms with Gasteiger partial charge < -0.3 is 10.2 Å². The first-order chi connectivity index (χ1) is 11.9. The monoisotopic (exact) mass is 359 g/mol. The number of aryl methyl sites for hydroxylation is 1. The van der Waals surface area contributed by atoms with Crippen molar-refractivity contribution in [2.24, 2.45) is 0 Å². The zero-order valence-electron chi connectivity index (χ0n) is 14.1. The van der Waals surface area contributed by atoms with Crippen LogP contribution in [0.2, 0.25) is 5.02 Å². The van der Waals surface area contributed by atoms with E-state index < -0.39 is 0 Å². The number of aromatic nitrogens is 3. The van der Waals surface area contributed by atoms with Crippen molar-refractivity contribution in [1.29, 1.82) is 0 Å². The molecule has 0 saturated heterocycles. The Balaban J connectivity index is 1.90. The second-order valence-corrected chi connectivity index (χ2v) is 6.30. The summed E-state index contributed by atoms with van der Waals surface area (Å²) in [6.45, 7) is 1.72. The molecule has 3 aromatic rings. The van der Waals surface area contributed by atoms with Crippen LogP contribution < -0.4 is 15.8 Å². The maximum atomic E-state index is 12.5. The molecule has 1 aromatic carbocycles. The van der Waals surface area contributed by atoms with Crippen LogP contribution in [0, 0.1) is 6.92 Å². The predicted molar refractivity (Wildman–Crippen MR) is 98.7 cm³/mol. The first-order valence-corrected chi connectivity index (χ1v) is 8.07. The van der Waals surface area contributed by atoms with Crippen LogP contribution in [0.5, 0.6) is 0 Å². The molecule has 130 valence electrons. The van der Waals surface area contributed by atoms with Gasteiger partial charge in [0.25, 0.3) is 5.56 Å². The van der Waals surface area contributed by atoms with Gasteiger partial charge in [0.2, 0.25) is 5.91 Å². The van der Waals surface area contributed by atoms with Gasteiger partial charge >= 0.3 is 0 Å². The van der Waals surface area contributed by atoms with Crippen LogP contribution in [0.1, 0.15) is 11.3 Å². The summed E-state index contributed by atoms with van der Waals surface area (Å²) in [5.74, 6) is -0.307. The molecule has 2 N–H and O–H groups in total. The lowest BCUT2D eigenvalue weighted by Gasteiger charge is -2.19. The number of hydrogen-bond donors (Lipinski definition) is 2. The number of H-pyrrole nitrogens is 1. The lowest BCUT2D eigenvalue weighted by atomic mass is 10.1. The molecule has 3 rings (SSSR count). The van der Waals surface area contributed by atoms with Crippen molar-refractivity contribution >= 4 is 34.5 Å². The number of anilines is 2. The van der Waals surface area contributed by atoms with Gasteiger partial charge in [-0.2, -0.15) is 0 Å². The molecule has 0 bridgehead atoms. The summed E-state index contributed by atoms with van der Waals surface area (Å²) in [7, 11) is 3.69. The summed E-state index contributed by atoms with van der Waals surface area (Å²) in [5.41, 5.74) is 2.45. The minimum absolute atomic E-state index is 0.0704. The fraction of sp³-hybridized carbons (Fsp3) is 0.235. The number of rotatable bonds is 4. The van der Waals surface area contributed by atoms with E-state index in [1.807, 2.05) is 19.0 Å². The molecule has 2 heterocycles. The van der Waals surface area contributed by atoms with E-state index in [1.54, 1.807) is 37.4 Å². The molecule has 0 aliphatic heterocycles. The average Bonchev–Trinajstić information content (AvgIpc) is 2.99. The number of halogens is 1. The SMILES string of the molecule is Cc1nc2cc[nH]n2c(=O)c1CC(=O)Nc1cccc(Cl)c1N(C)C. The van der Waals surface area contributed by atoms with E-state index in [9.17, 15) is 9.59 Å². The largest absolute Gasteiger partial charge is 0.375 e. The number of nitrogens with zero attached hydrogens (tertiary/aromatic N) is 3. The molecule has 0 atom stereocenters.